The van der Waals surface area contributed by atoms with Crippen molar-refractivity contribution in [3.8, 4) is 0 Å². The van der Waals surface area contributed by atoms with Crippen molar-refractivity contribution in [3.63, 3.8) is 0 Å². The third kappa shape index (κ3) is 3.75. The maximum Gasteiger partial charge on any atom is 0.275 e. The molecule has 0 bridgehead atoms. The van der Waals surface area contributed by atoms with Gasteiger partial charge in [-0.2, -0.15) is 0 Å². The van der Waals surface area contributed by atoms with Gasteiger partial charge in [0, 0.05) is 6.42 Å². The van der Waals surface area contributed by atoms with Crippen molar-refractivity contribution in [2.75, 3.05) is 0 Å². The number of hydrogen-bond donors (Lipinski definition) is 1. The Balaban J connectivity index is 1.74. The molecule has 23 heavy (non-hydrogen) atoms. The van der Waals surface area contributed by atoms with Gasteiger partial charge < -0.3 is 5.32 Å². The first-order valence-corrected chi connectivity index (χ1v) is 7.83. The monoisotopic (exact) mass is 304 g/mol. The maximum absolute atomic E-state index is 12.1. The van der Waals surface area contributed by atoms with Crippen LogP contribution < -0.4 is 5.32 Å². The summed E-state index contributed by atoms with van der Waals surface area (Å²) < 4.78 is 0. The highest BCUT2D eigenvalue weighted by atomic mass is 16.2. The van der Waals surface area contributed by atoms with E-state index in [2.05, 4.69) is 35.4 Å². The molecule has 1 N–H and O–H groups in total. The van der Waals surface area contributed by atoms with E-state index >= 15 is 0 Å². The van der Waals surface area contributed by atoms with Crippen LogP contribution in [0.5, 0.6) is 0 Å². The highest BCUT2D eigenvalue weighted by Crippen LogP contribution is 2.18. The lowest BCUT2D eigenvalue weighted by molar-refractivity contribution is -0.115. The number of carbonyl (C=O) groups is 1. The van der Waals surface area contributed by atoms with Gasteiger partial charge in [-0.15, -0.1) is 0 Å². The van der Waals surface area contributed by atoms with Gasteiger partial charge >= 0.3 is 0 Å². The number of aryl methyl sites for hydroxylation is 3. The molecule has 116 valence electrons. The standard InChI is InChI=1S/C20H20N2O/c1-14-8-10-17(15(2)12-14)13-18-20(23)22-19(21-18)11-9-16-6-4-3-5-7-16/h3-8,10,12-13H,9,11H2,1-2H3,(H,21,22,23)/b18-13-. The van der Waals surface area contributed by atoms with Gasteiger partial charge in [0.25, 0.3) is 5.91 Å². The fraction of sp³-hybridized carbons (Fsp3) is 0.200. The molecule has 0 aliphatic carbocycles. The predicted molar refractivity (Wildman–Crippen MR) is 94.2 cm³/mol. The van der Waals surface area contributed by atoms with E-state index < -0.39 is 0 Å². The minimum Gasteiger partial charge on any atom is -0.309 e. The Morgan fingerprint density at radius 1 is 1.04 bits per heavy atom. The molecular formula is C20H20N2O. The highest BCUT2D eigenvalue weighted by Gasteiger charge is 2.19. The van der Waals surface area contributed by atoms with Crippen molar-refractivity contribution in [2.24, 2.45) is 4.99 Å². The number of nitrogens with one attached hydrogen (secondary N) is 1. The molecule has 0 aromatic heterocycles. The lowest BCUT2D eigenvalue weighted by atomic mass is 10.0. The lowest BCUT2D eigenvalue weighted by Crippen LogP contribution is -2.24. The van der Waals surface area contributed by atoms with Crippen LogP contribution in [-0.4, -0.2) is 11.7 Å². The smallest absolute Gasteiger partial charge is 0.275 e. The van der Waals surface area contributed by atoms with Gasteiger partial charge in [0.05, 0.1) is 0 Å². The summed E-state index contributed by atoms with van der Waals surface area (Å²) in [6, 6.07) is 16.4. The van der Waals surface area contributed by atoms with Gasteiger partial charge in [0.15, 0.2) is 0 Å². The Labute approximate surface area is 136 Å². The first-order valence-electron chi connectivity index (χ1n) is 7.83. The van der Waals surface area contributed by atoms with Gasteiger partial charge in [-0.05, 0) is 43.0 Å². The molecule has 1 aliphatic rings. The van der Waals surface area contributed by atoms with Crippen LogP contribution in [0.4, 0.5) is 0 Å². The van der Waals surface area contributed by atoms with E-state index in [1.807, 2.05) is 43.3 Å². The first-order chi connectivity index (χ1) is 11.1. The number of rotatable bonds is 4. The van der Waals surface area contributed by atoms with E-state index in [1.54, 1.807) is 0 Å². The van der Waals surface area contributed by atoms with Gasteiger partial charge in [-0.1, -0.05) is 54.1 Å². The van der Waals surface area contributed by atoms with Crippen molar-refractivity contribution in [1.82, 2.24) is 5.32 Å². The Hall–Kier alpha value is -2.68. The number of carbonyl (C=O) groups excluding carboxylic acids is 1. The summed E-state index contributed by atoms with van der Waals surface area (Å²) >= 11 is 0. The third-order valence-corrected chi connectivity index (χ3v) is 3.96. The van der Waals surface area contributed by atoms with Crippen LogP contribution in [-0.2, 0) is 11.2 Å². The van der Waals surface area contributed by atoms with E-state index in [-0.39, 0.29) is 5.91 Å². The fourth-order valence-corrected chi connectivity index (χ4v) is 2.68. The Morgan fingerprint density at radius 2 is 1.83 bits per heavy atom. The van der Waals surface area contributed by atoms with Crippen LogP contribution in [0.2, 0.25) is 0 Å². The quantitative estimate of drug-likeness (QED) is 0.858. The van der Waals surface area contributed by atoms with E-state index in [9.17, 15) is 4.79 Å². The zero-order valence-electron chi connectivity index (χ0n) is 13.5. The number of amidine groups is 1. The van der Waals surface area contributed by atoms with Crippen LogP contribution in [0.1, 0.15) is 28.7 Å². The zero-order chi connectivity index (χ0) is 16.2. The van der Waals surface area contributed by atoms with Crippen molar-refractivity contribution >= 4 is 17.8 Å². The summed E-state index contributed by atoms with van der Waals surface area (Å²) in [4.78, 5) is 16.5. The minimum atomic E-state index is -0.118. The molecule has 3 rings (SSSR count). The van der Waals surface area contributed by atoms with E-state index in [1.165, 1.54) is 11.1 Å². The summed E-state index contributed by atoms with van der Waals surface area (Å²) in [6.45, 7) is 4.11. The second-order valence-corrected chi connectivity index (χ2v) is 5.89. The summed E-state index contributed by atoms with van der Waals surface area (Å²) in [5.74, 6) is 0.628. The van der Waals surface area contributed by atoms with Gasteiger partial charge in [-0.25, -0.2) is 4.99 Å². The van der Waals surface area contributed by atoms with Crippen molar-refractivity contribution in [1.29, 1.82) is 0 Å². The van der Waals surface area contributed by atoms with Crippen LogP contribution in [0.3, 0.4) is 0 Å². The van der Waals surface area contributed by atoms with Crippen LogP contribution >= 0.6 is 0 Å². The fourth-order valence-electron chi connectivity index (χ4n) is 2.68. The molecule has 0 unspecified atom stereocenters. The second-order valence-electron chi connectivity index (χ2n) is 5.89. The summed E-state index contributed by atoms with van der Waals surface area (Å²) in [5.41, 5.74) is 5.14. The minimum absolute atomic E-state index is 0.118. The average molecular weight is 304 g/mol. The number of amides is 1. The molecule has 2 aromatic rings. The average Bonchev–Trinajstić information content (AvgIpc) is 2.89. The Kier molecular flexibility index (Phi) is 4.38. The topological polar surface area (TPSA) is 41.5 Å². The van der Waals surface area contributed by atoms with Crippen LogP contribution in [0.25, 0.3) is 6.08 Å². The largest absolute Gasteiger partial charge is 0.309 e. The third-order valence-electron chi connectivity index (χ3n) is 3.96. The molecule has 3 nitrogen and oxygen atoms in total. The van der Waals surface area contributed by atoms with Gasteiger partial charge in [-0.3, -0.25) is 4.79 Å². The molecule has 1 aliphatic heterocycles. The summed E-state index contributed by atoms with van der Waals surface area (Å²) in [7, 11) is 0. The molecule has 0 spiro atoms. The molecule has 0 saturated carbocycles. The van der Waals surface area contributed by atoms with E-state index in [0.717, 1.165) is 29.8 Å². The molecular weight excluding hydrogens is 284 g/mol. The normalized spacial score (nSPS) is 15.7. The molecule has 1 heterocycles. The van der Waals surface area contributed by atoms with E-state index in [4.69, 9.17) is 0 Å². The number of nitrogens with zero attached hydrogens (tertiary/aromatic N) is 1. The van der Waals surface area contributed by atoms with Crippen LogP contribution in [0, 0.1) is 13.8 Å². The van der Waals surface area contributed by atoms with Crippen LogP contribution in [0.15, 0.2) is 59.2 Å². The molecule has 0 radical (unpaired) electrons. The first kappa shape index (κ1) is 15.2. The molecule has 0 saturated heterocycles. The van der Waals surface area contributed by atoms with Crippen molar-refractivity contribution in [2.45, 2.75) is 26.7 Å². The molecule has 3 heteroatoms. The predicted octanol–water partition coefficient (Wildman–Crippen LogP) is 3.81. The number of hydrogen-bond acceptors (Lipinski definition) is 2. The van der Waals surface area contributed by atoms with Crippen molar-refractivity contribution < 1.29 is 4.79 Å². The molecule has 0 fully saturated rings. The van der Waals surface area contributed by atoms with Crippen molar-refractivity contribution in [3.05, 3.63) is 76.5 Å². The summed E-state index contributed by atoms with van der Waals surface area (Å²) in [5, 5.41) is 2.87. The Morgan fingerprint density at radius 3 is 2.57 bits per heavy atom. The zero-order valence-corrected chi connectivity index (χ0v) is 13.5. The van der Waals surface area contributed by atoms with Gasteiger partial charge in [0.1, 0.15) is 11.5 Å². The molecule has 2 aromatic carbocycles. The number of aliphatic imine (C=N–C) groups is 1. The number of benzene rings is 2. The molecule has 1 amide bonds. The highest BCUT2D eigenvalue weighted by molar-refractivity contribution is 6.14. The summed E-state index contributed by atoms with van der Waals surface area (Å²) in [6.07, 6.45) is 3.47. The van der Waals surface area contributed by atoms with Gasteiger partial charge in [0.2, 0.25) is 0 Å². The van der Waals surface area contributed by atoms with E-state index in [0.29, 0.717) is 5.70 Å². The lowest BCUT2D eigenvalue weighted by Gasteiger charge is -2.01. The SMILES string of the molecule is Cc1ccc(/C=C2\N=C(CCc3ccccc3)NC2=O)c(C)c1. The molecule has 0 atom stereocenters. The Bertz CT molecular complexity index is 789. The second kappa shape index (κ2) is 6.61. The maximum atomic E-state index is 12.1.